The Bertz CT molecular complexity index is 702. The van der Waals surface area contributed by atoms with Gasteiger partial charge in [0, 0.05) is 16.8 Å². The van der Waals surface area contributed by atoms with E-state index in [0.717, 1.165) is 0 Å². The standard InChI is InChI=1S/C16H18N2O3/c1-9-14(10(2)18-15(9)13(20)7-17)16(21)12-5-3-4-11(6-12)8-19/h3-6,18-19H,7-8,17H2,1-2H3. The summed E-state index contributed by atoms with van der Waals surface area (Å²) in [5.41, 5.74) is 8.66. The van der Waals surface area contributed by atoms with Gasteiger partial charge in [-0.25, -0.2) is 0 Å². The van der Waals surface area contributed by atoms with Crippen LogP contribution in [0.25, 0.3) is 0 Å². The highest BCUT2D eigenvalue weighted by Gasteiger charge is 2.22. The van der Waals surface area contributed by atoms with Gasteiger partial charge in [-0.05, 0) is 31.0 Å². The van der Waals surface area contributed by atoms with Gasteiger partial charge in [-0.3, -0.25) is 9.59 Å². The predicted octanol–water partition coefficient (Wildman–Crippen LogP) is 1.50. The molecule has 0 amide bonds. The number of aromatic amines is 1. The highest BCUT2D eigenvalue weighted by atomic mass is 16.3. The Morgan fingerprint density at radius 2 is 2.00 bits per heavy atom. The Morgan fingerprint density at radius 3 is 2.62 bits per heavy atom. The maximum absolute atomic E-state index is 12.6. The highest BCUT2D eigenvalue weighted by Crippen LogP contribution is 2.22. The van der Waals surface area contributed by atoms with E-state index in [9.17, 15) is 9.59 Å². The molecule has 1 aromatic heterocycles. The number of aliphatic hydroxyl groups excluding tert-OH is 1. The molecule has 4 N–H and O–H groups in total. The van der Waals surface area contributed by atoms with Crippen LogP contribution < -0.4 is 5.73 Å². The average molecular weight is 286 g/mol. The Morgan fingerprint density at radius 1 is 1.29 bits per heavy atom. The molecule has 110 valence electrons. The maximum Gasteiger partial charge on any atom is 0.195 e. The fraction of sp³-hybridized carbons (Fsp3) is 0.250. The molecule has 0 unspecified atom stereocenters. The van der Waals surface area contributed by atoms with Crippen LogP contribution in [0, 0.1) is 13.8 Å². The quantitative estimate of drug-likeness (QED) is 0.726. The van der Waals surface area contributed by atoms with E-state index in [4.69, 9.17) is 10.8 Å². The number of nitrogens with two attached hydrogens (primary N) is 1. The van der Waals surface area contributed by atoms with E-state index in [2.05, 4.69) is 4.98 Å². The molecule has 0 atom stereocenters. The molecule has 0 saturated carbocycles. The molecule has 2 aromatic rings. The third kappa shape index (κ3) is 2.79. The number of hydrogen-bond acceptors (Lipinski definition) is 4. The third-order valence-electron chi connectivity index (χ3n) is 3.50. The van der Waals surface area contributed by atoms with Crippen LogP contribution in [-0.2, 0) is 6.61 Å². The summed E-state index contributed by atoms with van der Waals surface area (Å²) in [5.74, 6) is -0.397. The minimum atomic E-state index is -0.223. The zero-order valence-corrected chi connectivity index (χ0v) is 12.1. The lowest BCUT2D eigenvalue weighted by molar-refractivity contribution is 0.0996. The van der Waals surface area contributed by atoms with Crippen LogP contribution >= 0.6 is 0 Å². The summed E-state index contributed by atoms with van der Waals surface area (Å²) < 4.78 is 0. The van der Waals surface area contributed by atoms with Crippen LogP contribution in [-0.4, -0.2) is 28.2 Å². The highest BCUT2D eigenvalue weighted by molar-refractivity contribution is 6.12. The smallest absolute Gasteiger partial charge is 0.195 e. The van der Waals surface area contributed by atoms with Crippen molar-refractivity contribution in [2.75, 3.05) is 6.54 Å². The summed E-state index contributed by atoms with van der Waals surface area (Å²) in [6.45, 7) is 3.26. The van der Waals surface area contributed by atoms with Gasteiger partial charge < -0.3 is 15.8 Å². The van der Waals surface area contributed by atoms with Gasteiger partial charge in [0.2, 0.25) is 0 Å². The van der Waals surface area contributed by atoms with Gasteiger partial charge in [-0.2, -0.15) is 0 Å². The summed E-state index contributed by atoms with van der Waals surface area (Å²) in [4.78, 5) is 27.3. The number of aliphatic hydroxyl groups is 1. The van der Waals surface area contributed by atoms with Gasteiger partial charge in [0.25, 0.3) is 0 Å². The molecule has 0 radical (unpaired) electrons. The second-order valence-electron chi connectivity index (χ2n) is 4.94. The Balaban J connectivity index is 2.48. The lowest BCUT2D eigenvalue weighted by atomic mass is 9.98. The van der Waals surface area contributed by atoms with E-state index in [1.54, 1.807) is 38.1 Å². The Kier molecular flexibility index (Phi) is 4.35. The lowest BCUT2D eigenvalue weighted by Gasteiger charge is -2.04. The number of aryl methyl sites for hydroxylation is 1. The number of benzene rings is 1. The number of nitrogens with one attached hydrogen (secondary N) is 1. The molecule has 5 heteroatoms. The molecular formula is C16H18N2O3. The van der Waals surface area contributed by atoms with Gasteiger partial charge in [-0.15, -0.1) is 0 Å². The van der Waals surface area contributed by atoms with E-state index >= 15 is 0 Å². The molecule has 1 aromatic carbocycles. The molecule has 5 nitrogen and oxygen atoms in total. The number of rotatable bonds is 5. The molecule has 2 rings (SSSR count). The van der Waals surface area contributed by atoms with Crippen molar-refractivity contribution in [2.24, 2.45) is 5.73 Å². The lowest BCUT2D eigenvalue weighted by Crippen LogP contribution is -2.15. The first-order valence-corrected chi connectivity index (χ1v) is 6.66. The molecule has 0 aliphatic rings. The number of aromatic nitrogens is 1. The SMILES string of the molecule is Cc1[nH]c(C(=O)CN)c(C)c1C(=O)c1cccc(CO)c1. The second kappa shape index (κ2) is 6.03. The second-order valence-corrected chi connectivity index (χ2v) is 4.94. The van der Waals surface area contributed by atoms with Crippen LogP contribution in [0.2, 0.25) is 0 Å². The van der Waals surface area contributed by atoms with Gasteiger partial charge in [0.15, 0.2) is 11.6 Å². The Labute approximate surface area is 122 Å². The van der Waals surface area contributed by atoms with E-state index in [1.807, 2.05) is 0 Å². The van der Waals surface area contributed by atoms with Gasteiger partial charge in [0.1, 0.15) is 0 Å². The van der Waals surface area contributed by atoms with Crippen LogP contribution in [0.5, 0.6) is 0 Å². The van der Waals surface area contributed by atoms with Crippen molar-refractivity contribution in [2.45, 2.75) is 20.5 Å². The number of Topliss-reactive ketones (excluding diaryl/α,β-unsaturated/α-hetero) is 1. The molecule has 0 aliphatic heterocycles. The first-order valence-electron chi connectivity index (χ1n) is 6.66. The largest absolute Gasteiger partial charge is 0.392 e. The maximum atomic E-state index is 12.6. The van der Waals surface area contributed by atoms with Crippen LogP contribution in [0.15, 0.2) is 24.3 Å². The van der Waals surface area contributed by atoms with E-state index in [-0.39, 0.29) is 24.7 Å². The number of carbonyl (C=O) groups excluding carboxylic acids is 2. The molecule has 0 bridgehead atoms. The van der Waals surface area contributed by atoms with Gasteiger partial charge >= 0.3 is 0 Å². The van der Waals surface area contributed by atoms with E-state index in [0.29, 0.717) is 33.6 Å². The zero-order valence-electron chi connectivity index (χ0n) is 12.1. The fourth-order valence-corrected chi connectivity index (χ4v) is 2.43. The molecule has 0 aliphatic carbocycles. The predicted molar refractivity (Wildman–Crippen MR) is 79.4 cm³/mol. The normalized spacial score (nSPS) is 10.7. The Hall–Kier alpha value is -2.24. The molecular weight excluding hydrogens is 268 g/mol. The first kappa shape index (κ1) is 15.2. The van der Waals surface area contributed by atoms with Crippen LogP contribution in [0.4, 0.5) is 0 Å². The van der Waals surface area contributed by atoms with Crippen LogP contribution in [0.1, 0.15) is 43.2 Å². The number of hydrogen-bond donors (Lipinski definition) is 3. The van der Waals surface area contributed by atoms with Crippen molar-refractivity contribution >= 4 is 11.6 Å². The molecule has 21 heavy (non-hydrogen) atoms. The monoisotopic (exact) mass is 286 g/mol. The summed E-state index contributed by atoms with van der Waals surface area (Å²) >= 11 is 0. The summed E-state index contributed by atoms with van der Waals surface area (Å²) in [6.07, 6.45) is 0. The van der Waals surface area contributed by atoms with Gasteiger partial charge in [0.05, 0.1) is 18.8 Å². The van der Waals surface area contributed by atoms with E-state index in [1.165, 1.54) is 0 Å². The third-order valence-corrected chi connectivity index (χ3v) is 3.50. The van der Waals surface area contributed by atoms with Crippen molar-refractivity contribution < 1.29 is 14.7 Å². The molecule has 0 saturated heterocycles. The minimum absolute atomic E-state index is 0.103. The van der Waals surface area contributed by atoms with Crippen molar-refractivity contribution in [1.29, 1.82) is 0 Å². The van der Waals surface area contributed by atoms with Crippen LogP contribution in [0.3, 0.4) is 0 Å². The fourth-order valence-electron chi connectivity index (χ4n) is 2.43. The molecule has 1 heterocycles. The van der Waals surface area contributed by atoms with Crippen molar-refractivity contribution in [3.8, 4) is 0 Å². The zero-order chi connectivity index (χ0) is 15.6. The number of ketones is 2. The first-order chi connectivity index (χ1) is 9.99. The van der Waals surface area contributed by atoms with Gasteiger partial charge in [-0.1, -0.05) is 18.2 Å². The number of carbonyl (C=O) groups is 2. The summed E-state index contributed by atoms with van der Waals surface area (Å²) in [7, 11) is 0. The number of H-pyrrole nitrogens is 1. The van der Waals surface area contributed by atoms with E-state index < -0.39 is 0 Å². The average Bonchev–Trinajstić information content (AvgIpc) is 2.80. The van der Waals surface area contributed by atoms with Crippen molar-refractivity contribution in [1.82, 2.24) is 4.98 Å². The topological polar surface area (TPSA) is 96.2 Å². The molecule has 0 fully saturated rings. The minimum Gasteiger partial charge on any atom is -0.392 e. The van der Waals surface area contributed by atoms with Crippen molar-refractivity contribution in [3.63, 3.8) is 0 Å². The summed E-state index contributed by atoms with van der Waals surface area (Å²) in [6, 6.07) is 6.81. The summed E-state index contributed by atoms with van der Waals surface area (Å²) in [5, 5.41) is 9.16. The van der Waals surface area contributed by atoms with Crippen molar-refractivity contribution in [3.05, 3.63) is 57.9 Å². The molecule has 0 spiro atoms.